The number of nitrogens with zero attached hydrogens (tertiary/aromatic N) is 1. The topological polar surface area (TPSA) is 91.5 Å². The minimum absolute atomic E-state index is 0.0555. The molecule has 0 aliphatic carbocycles. The Balaban J connectivity index is 1.38. The summed E-state index contributed by atoms with van der Waals surface area (Å²) < 4.78 is 45.8. The highest BCUT2D eigenvalue weighted by Crippen LogP contribution is 2.31. The fourth-order valence-corrected chi connectivity index (χ4v) is 5.95. The molecular weight excluding hydrogens is 457 g/mol. The lowest BCUT2D eigenvalue weighted by atomic mass is 10.0. The molecule has 34 heavy (non-hydrogen) atoms. The lowest BCUT2D eigenvalue weighted by Crippen LogP contribution is -2.49. The number of hydrogen-bond donors (Lipinski definition) is 2. The van der Waals surface area contributed by atoms with Gasteiger partial charge in [0.1, 0.15) is 5.82 Å². The summed E-state index contributed by atoms with van der Waals surface area (Å²) in [5, 5.41) is 3.75. The van der Waals surface area contributed by atoms with Crippen LogP contribution in [0.5, 0.6) is 0 Å². The van der Waals surface area contributed by atoms with Crippen molar-refractivity contribution in [1.82, 2.24) is 14.6 Å². The van der Waals surface area contributed by atoms with Crippen molar-refractivity contribution in [2.24, 2.45) is 0 Å². The van der Waals surface area contributed by atoms with E-state index in [-0.39, 0.29) is 42.7 Å². The average Bonchev–Trinajstić information content (AvgIpc) is 3.16. The Labute approximate surface area is 199 Å². The third-order valence-corrected chi connectivity index (χ3v) is 7.82. The fourth-order valence-electron chi connectivity index (χ4n) is 4.46. The molecule has 9 heteroatoms. The Bertz CT molecular complexity index is 1250. The predicted octanol–water partition coefficient (Wildman–Crippen LogP) is 3.46. The van der Waals surface area contributed by atoms with Gasteiger partial charge in [0.2, 0.25) is 15.9 Å². The van der Waals surface area contributed by atoms with Gasteiger partial charge in [0.25, 0.3) is 0 Å². The van der Waals surface area contributed by atoms with Crippen molar-refractivity contribution in [2.75, 3.05) is 25.4 Å². The second-order valence-corrected chi connectivity index (χ2v) is 10.9. The number of halogens is 1. The molecule has 1 saturated heterocycles. The number of aryl methyl sites for hydroxylation is 1. The van der Waals surface area contributed by atoms with Gasteiger partial charge in [0.15, 0.2) is 0 Å². The second-order valence-electron chi connectivity index (χ2n) is 8.77. The Morgan fingerprint density at radius 2 is 1.79 bits per heavy atom. The highest BCUT2D eigenvalue weighted by molar-refractivity contribution is 7.89. The van der Waals surface area contributed by atoms with Crippen molar-refractivity contribution in [3.63, 3.8) is 0 Å². The summed E-state index contributed by atoms with van der Waals surface area (Å²) in [5.74, 6) is -0.669. The zero-order valence-electron chi connectivity index (χ0n) is 19.4. The van der Waals surface area contributed by atoms with E-state index >= 15 is 0 Å². The summed E-state index contributed by atoms with van der Waals surface area (Å²) in [7, 11) is -3.48. The van der Waals surface area contributed by atoms with Gasteiger partial charge in [-0.3, -0.25) is 4.79 Å². The smallest absolute Gasteiger partial charge is 0.220 e. The Hall–Kier alpha value is -2.75. The van der Waals surface area contributed by atoms with Crippen LogP contribution in [-0.2, 0) is 26.0 Å². The number of carbonyl (C=O) groups excluding carboxylic acids is 1. The quantitative estimate of drug-likeness (QED) is 0.509. The lowest BCUT2D eigenvalue weighted by molar-refractivity contribution is -0.120. The second kappa shape index (κ2) is 10.2. The first-order chi connectivity index (χ1) is 16.2. The zero-order valence-corrected chi connectivity index (χ0v) is 20.2. The summed E-state index contributed by atoms with van der Waals surface area (Å²) in [6, 6.07) is 14.1. The molecule has 1 aromatic heterocycles. The summed E-state index contributed by atoms with van der Waals surface area (Å²) >= 11 is 0. The number of amides is 1. The molecule has 3 aromatic rings. The number of hydrogen-bond acceptors (Lipinski definition) is 4. The van der Waals surface area contributed by atoms with Crippen LogP contribution < -0.4 is 5.32 Å². The summed E-state index contributed by atoms with van der Waals surface area (Å²) in [6.07, 6.45) is 0.370. The first-order valence-corrected chi connectivity index (χ1v) is 13.1. The average molecular weight is 488 g/mol. The number of H-pyrrole nitrogens is 1. The minimum atomic E-state index is -3.48. The summed E-state index contributed by atoms with van der Waals surface area (Å²) in [4.78, 5) is 15.9. The highest BCUT2D eigenvalue weighted by Gasteiger charge is 2.30. The first-order valence-electron chi connectivity index (χ1n) is 11.5. The van der Waals surface area contributed by atoms with Crippen molar-refractivity contribution in [3.8, 4) is 11.3 Å². The van der Waals surface area contributed by atoms with Gasteiger partial charge in [-0.15, -0.1) is 0 Å². The largest absolute Gasteiger partial charge is 0.373 e. The summed E-state index contributed by atoms with van der Waals surface area (Å²) in [5.41, 5.74) is 3.61. The van der Waals surface area contributed by atoms with E-state index in [1.54, 1.807) is 12.1 Å². The molecular formula is C25H30FN3O4S. The number of rotatable bonds is 8. The van der Waals surface area contributed by atoms with Crippen LogP contribution in [0.3, 0.4) is 0 Å². The minimum Gasteiger partial charge on any atom is -0.373 e. The number of ether oxygens (including phenoxy) is 1. The van der Waals surface area contributed by atoms with E-state index in [9.17, 15) is 17.6 Å². The molecule has 2 aromatic carbocycles. The summed E-state index contributed by atoms with van der Waals surface area (Å²) in [6.45, 7) is 4.41. The first kappa shape index (κ1) is 24.4. The van der Waals surface area contributed by atoms with Crippen molar-refractivity contribution in [2.45, 2.75) is 38.9 Å². The number of sulfonamides is 1. The molecule has 0 saturated carbocycles. The van der Waals surface area contributed by atoms with E-state index in [1.807, 2.05) is 38.1 Å². The predicted molar refractivity (Wildman–Crippen MR) is 130 cm³/mol. The van der Waals surface area contributed by atoms with Crippen molar-refractivity contribution in [1.29, 1.82) is 0 Å². The van der Waals surface area contributed by atoms with Gasteiger partial charge in [-0.05, 0) is 61.7 Å². The van der Waals surface area contributed by atoms with E-state index in [1.165, 1.54) is 16.4 Å². The lowest BCUT2D eigenvalue weighted by Gasteiger charge is -2.34. The van der Waals surface area contributed by atoms with Crippen molar-refractivity contribution < 1.29 is 22.3 Å². The molecule has 7 nitrogen and oxygen atoms in total. The molecule has 0 bridgehead atoms. The van der Waals surface area contributed by atoms with Crippen LogP contribution in [0.4, 0.5) is 4.39 Å². The number of aromatic amines is 1. The third-order valence-electron chi connectivity index (χ3n) is 6.01. The zero-order chi connectivity index (χ0) is 24.3. The fraction of sp³-hybridized carbons (Fsp3) is 0.400. The maximum atomic E-state index is 13.4. The van der Waals surface area contributed by atoms with Gasteiger partial charge >= 0.3 is 0 Å². The van der Waals surface area contributed by atoms with E-state index < -0.39 is 10.0 Å². The van der Waals surface area contributed by atoms with Crippen LogP contribution in [0.2, 0.25) is 0 Å². The van der Waals surface area contributed by atoms with Gasteiger partial charge in [0, 0.05) is 42.7 Å². The molecule has 2 N–H and O–H groups in total. The number of carbonyl (C=O) groups is 1. The molecule has 182 valence electrons. The van der Waals surface area contributed by atoms with Gasteiger partial charge in [0.05, 0.1) is 18.0 Å². The molecule has 0 spiro atoms. The van der Waals surface area contributed by atoms with Gasteiger partial charge in [-0.1, -0.05) is 18.2 Å². The monoisotopic (exact) mass is 487 g/mol. The highest BCUT2D eigenvalue weighted by atomic mass is 32.2. The van der Waals surface area contributed by atoms with E-state index in [2.05, 4.69) is 10.3 Å². The molecule has 1 aliphatic heterocycles. The molecule has 4 rings (SSSR count). The van der Waals surface area contributed by atoms with E-state index in [0.717, 1.165) is 27.7 Å². The molecule has 2 heterocycles. The van der Waals surface area contributed by atoms with Gasteiger partial charge in [-0.25, -0.2) is 12.8 Å². The number of nitrogens with one attached hydrogen (secondary N) is 2. The van der Waals surface area contributed by atoms with Crippen LogP contribution in [0, 0.1) is 5.82 Å². The molecule has 1 amide bonds. The van der Waals surface area contributed by atoms with Crippen LogP contribution in [0.15, 0.2) is 48.5 Å². The van der Waals surface area contributed by atoms with E-state index in [4.69, 9.17) is 4.74 Å². The van der Waals surface area contributed by atoms with Crippen molar-refractivity contribution >= 4 is 26.8 Å². The Kier molecular flexibility index (Phi) is 7.35. The normalized spacial score (nSPS) is 19.4. The Morgan fingerprint density at radius 1 is 1.12 bits per heavy atom. The van der Waals surface area contributed by atoms with Gasteiger partial charge < -0.3 is 15.0 Å². The number of fused-ring (bicyclic) bond motifs is 1. The SMILES string of the molecule is CC1CN(S(=O)(=O)CCNC(=O)CCc2c(-c3ccc(F)cc3)[nH]c3ccccc23)CC(C)O1. The standard InChI is InChI=1S/C25H30FN3O4S/c1-17-15-29(16-18(2)33-17)34(31,32)14-13-27-24(30)12-11-22-21-5-3-4-6-23(21)28-25(22)19-7-9-20(26)10-8-19/h3-10,17-18,28H,11-16H2,1-2H3,(H,27,30). The molecule has 0 radical (unpaired) electrons. The molecule has 2 atom stereocenters. The van der Waals surface area contributed by atoms with Gasteiger partial charge in [-0.2, -0.15) is 4.31 Å². The number of benzene rings is 2. The van der Waals surface area contributed by atoms with Crippen LogP contribution in [-0.4, -0.2) is 61.2 Å². The Morgan fingerprint density at radius 3 is 2.50 bits per heavy atom. The maximum absolute atomic E-state index is 13.4. The molecule has 1 aliphatic rings. The number of aromatic nitrogens is 1. The van der Waals surface area contributed by atoms with Crippen LogP contribution in [0.1, 0.15) is 25.8 Å². The number of para-hydroxylation sites is 1. The van der Waals surface area contributed by atoms with Crippen molar-refractivity contribution in [3.05, 3.63) is 59.9 Å². The maximum Gasteiger partial charge on any atom is 0.220 e. The number of morpholine rings is 1. The molecule has 1 fully saturated rings. The third kappa shape index (κ3) is 5.65. The van der Waals surface area contributed by atoms with Crippen LogP contribution in [0.25, 0.3) is 22.2 Å². The molecule has 2 unspecified atom stereocenters. The van der Waals surface area contributed by atoms with Crippen LogP contribution >= 0.6 is 0 Å². The van der Waals surface area contributed by atoms with E-state index in [0.29, 0.717) is 19.5 Å².